The van der Waals surface area contributed by atoms with Crippen LogP contribution in [0.1, 0.15) is 65.0 Å². The van der Waals surface area contributed by atoms with Crippen molar-refractivity contribution in [2.45, 2.75) is 59.3 Å². The predicted molar refractivity (Wildman–Crippen MR) is 84.0 cm³/mol. The van der Waals surface area contributed by atoms with Gasteiger partial charge in [-0.25, -0.2) is 0 Å². The summed E-state index contributed by atoms with van der Waals surface area (Å²) in [5.41, 5.74) is 2.53. The van der Waals surface area contributed by atoms with Gasteiger partial charge in [-0.3, -0.25) is 4.79 Å². The number of hydrogen-bond donors (Lipinski definition) is 0. The fourth-order valence-electron chi connectivity index (χ4n) is 2.31. The van der Waals surface area contributed by atoms with Gasteiger partial charge in [0, 0.05) is 0 Å². The van der Waals surface area contributed by atoms with Crippen LogP contribution in [0.5, 0.6) is 0 Å². The summed E-state index contributed by atoms with van der Waals surface area (Å²) < 4.78 is 4.97. The molecule has 2 nitrogen and oxygen atoms in total. The van der Waals surface area contributed by atoms with Crippen LogP contribution in [0.15, 0.2) is 24.3 Å². The number of carbonyl (C=O) groups excluding carboxylic acids is 1. The van der Waals surface area contributed by atoms with Crippen molar-refractivity contribution in [2.24, 2.45) is 5.41 Å². The number of hydrogen-bond acceptors (Lipinski definition) is 2. The standard InChI is InChI=1S/C18H28O2/c1-17(2,3)12-15(16(19)20-7)13-8-10-14(11-9-13)18(4,5)6/h8-11,15H,12H2,1-7H3/t15-/m1/s1. The first-order valence-corrected chi connectivity index (χ1v) is 7.23. The van der Waals surface area contributed by atoms with E-state index in [9.17, 15) is 4.79 Å². The molecule has 0 saturated carbocycles. The van der Waals surface area contributed by atoms with Gasteiger partial charge >= 0.3 is 5.97 Å². The number of ether oxygens (including phenoxy) is 1. The molecule has 0 fully saturated rings. The molecule has 1 atom stereocenters. The van der Waals surface area contributed by atoms with E-state index in [1.54, 1.807) is 0 Å². The second kappa shape index (κ2) is 5.99. The minimum atomic E-state index is -0.186. The van der Waals surface area contributed by atoms with Crippen LogP contribution in [0.2, 0.25) is 0 Å². The predicted octanol–water partition coefficient (Wildman–Crippen LogP) is 4.68. The van der Waals surface area contributed by atoms with Crippen LogP contribution in [-0.2, 0) is 14.9 Å². The maximum atomic E-state index is 12.0. The number of benzene rings is 1. The average molecular weight is 276 g/mol. The van der Waals surface area contributed by atoms with Crippen molar-refractivity contribution in [2.75, 3.05) is 7.11 Å². The molecule has 0 unspecified atom stereocenters. The summed E-state index contributed by atoms with van der Waals surface area (Å²) in [6.07, 6.45) is 0.786. The van der Waals surface area contributed by atoms with E-state index in [0.717, 1.165) is 12.0 Å². The molecule has 0 aliphatic rings. The zero-order chi connectivity index (χ0) is 15.6. The SMILES string of the molecule is COC(=O)[C@H](CC(C)(C)C)c1ccc(C(C)(C)C)cc1. The van der Waals surface area contributed by atoms with E-state index in [1.807, 2.05) is 0 Å². The lowest BCUT2D eigenvalue weighted by Crippen LogP contribution is -2.21. The van der Waals surface area contributed by atoms with Gasteiger partial charge in [0.2, 0.25) is 0 Å². The van der Waals surface area contributed by atoms with Crippen molar-refractivity contribution in [1.82, 2.24) is 0 Å². The Morgan fingerprint density at radius 3 is 1.90 bits per heavy atom. The van der Waals surface area contributed by atoms with Gasteiger partial charge in [-0.05, 0) is 28.4 Å². The molecule has 1 aromatic rings. The van der Waals surface area contributed by atoms with Gasteiger partial charge < -0.3 is 4.74 Å². The Balaban J connectivity index is 3.06. The molecule has 0 aromatic heterocycles. The molecular weight excluding hydrogens is 248 g/mol. The third-order valence-corrected chi connectivity index (χ3v) is 3.48. The minimum absolute atomic E-state index is 0.0849. The fourth-order valence-corrected chi connectivity index (χ4v) is 2.31. The lowest BCUT2D eigenvalue weighted by molar-refractivity contribution is -0.143. The smallest absolute Gasteiger partial charge is 0.313 e. The highest BCUT2D eigenvalue weighted by Crippen LogP contribution is 2.33. The Hall–Kier alpha value is -1.31. The molecule has 112 valence electrons. The zero-order valence-electron chi connectivity index (χ0n) is 13.9. The second-order valence-corrected chi connectivity index (χ2v) is 7.71. The van der Waals surface area contributed by atoms with Crippen LogP contribution in [0.25, 0.3) is 0 Å². The normalized spacial score (nSPS) is 13.9. The minimum Gasteiger partial charge on any atom is -0.469 e. The van der Waals surface area contributed by atoms with E-state index < -0.39 is 0 Å². The molecule has 0 spiro atoms. The third kappa shape index (κ3) is 4.66. The largest absolute Gasteiger partial charge is 0.469 e. The summed E-state index contributed by atoms with van der Waals surface area (Å²) in [5.74, 6) is -0.336. The summed E-state index contributed by atoms with van der Waals surface area (Å²) >= 11 is 0. The van der Waals surface area contributed by atoms with Crippen LogP contribution in [0.3, 0.4) is 0 Å². The molecule has 1 aromatic carbocycles. The van der Waals surface area contributed by atoms with Gasteiger partial charge in [-0.1, -0.05) is 65.8 Å². The van der Waals surface area contributed by atoms with Crippen molar-refractivity contribution in [1.29, 1.82) is 0 Å². The topological polar surface area (TPSA) is 26.3 Å². The maximum Gasteiger partial charge on any atom is 0.313 e. The van der Waals surface area contributed by atoms with E-state index in [0.29, 0.717) is 0 Å². The monoisotopic (exact) mass is 276 g/mol. The van der Waals surface area contributed by atoms with Gasteiger partial charge in [-0.15, -0.1) is 0 Å². The lowest BCUT2D eigenvalue weighted by atomic mass is 9.80. The molecule has 0 radical (unpaired) electrons. The third-order valence-electron chi connectivity index (χ3n) is 3.48. The first-order chi connectivity index (χ1) is 9.04. The van der Waals surface area contributed by atoms with E-state index in [4.69, 9.17) is 4.74 Å². The Bertz CT molecular complexity index is 444. The Morgan fingerprint density at radius 2 is 1.55 bits per heavy atom. The number of carbonyl (C=O) groups is 1. The highest BCUT2D eigenvalue weighted by atomic mass is 16.5. The first kappa shape index (κ1) is 16.7. The highest BCUT2D eigenvalue weighted by Gasteiger charge is 2.27. The average Bonchev–Trinajstić information content (AvgIpc) is 2.33. The molecule has 0 aliphatic carbocycles. The van der Waals surface area contributed by atoms with Crippen LogP contribution in [0.4, 0.5) is 0 Å². The van der Waals surface area contributed by atoms with Crippen LogP contribution < -0.4 is 0 Å². The number of rotatable bonds is 3. The van der Waals surface area contributed by atoms with Gasteiger partial charge in [0.15, 0.2) is 0 Å². The van der Waals surface area contributed by atoms with E-state index in [-0.39, 0.29) is 22.7 Å². The van der Waals surface area contributed by atoms with Gasteiger partial charge in [0.25, 0.3) is 0 Å². The van der Waals surface area contributed by atoms with Gasteiger partial charge in [-0.2, -0.15) is 0 Å². The van der Waals surface area contributed by atoms with Gasteiger partial charge in [0.1, 0.15) is 0 Å². The molecule has 0 aliphatic heterocycles. The molecule has 0 bridgehead atoms. The Kier molecular flexibility index (Phi) is 5.01. The van der Waals surface area contributed by atoms with Crippen LogP contribution in [-0.4, -0.2) is 13.1 Å². The van der Waals surface area contributed by atoms with Crippen molar-refractivity contribution >= 4 is 5.97 Å². The zero-order valence-corrected chi connectivity index (χ0v) is 13.9. The molecule has 0 heterocycles. The molecule has 1 rings (SSSR count). The molecule has 2 heteroatoms. The molecule has 20 heavy (non-hydrogen) atoms. The summed E-state index contributed by atoms with van der Waals surface area (Å²) in [6.45, 7) is 13.0. The van der Waals surface area contributed by atoms with E-state index in [1.165, 1.54) is 12.7 Å². The number of methoxy groups -OCH3 is 1. The summed E-state index contributed by atoms with van der Waals surface area (Å²) in [5, 5.41) is 0. The Labute approximate surface area is 123 Å². The van der Waals surface area contributed by atoms with Crippen LogP contribution in [0, 0.1) is 5.41 Å². The maximum absolute atomic E-state index is 12.0. The van der Waals surface area contributed by atoms with Crippen molar-refractivity contribution in [3.63, 3.8) is 0 Å². The summed E-state index contributed by atoms with van der Waals surface area (Å²) in [6, 6.07) is 8.36. The highest BCUT2D eigenvalue weighted by molar-refractivity contribution is 5.78. The Morgan fingerprint density at radius 1 is 1.05 bits per heavy atom. The fraction of sp³-hybridized carbons (Fsp3) is 0.611. The summed E-state index contributed by atoms with van der Waals surface area (Å²) in [4.78, 5) is 12.0. The van der Waals surface area contributed by atoms with Crippen LogP contribution >= 0.6 is 0 Å². The number of esters is 1. The molecular formula is C18H28O2. The second-order valence-electron chi connectivity index (χ2n) is 7.71. The molecule has 0 amide bonds. The summed E-state index contributed by atoms with van der Waals surface area (Å²) in [7, 11) is 1.46. The van der Waals surface area contributed by atoms with Crippen molar-refractivity contribution in [3.05, 3.63) is 35.4 Å². The van der Waals surface area contributed by atoms with Gasteiger partial charge in [0.05, 0.1) is 13.0 Å². The lowest BCUT2D eigenvalue weighted by Gasteiger charge is -2.25. The first-order valence-electron chi connectivity index (χ1n) is 7.23. The van der Waals surface area contributed by atoms with E-state index in [2.05, 4.69) is 65.8 Å². The molecule has 0 saturated heterocycles. The van der Waals surface area contributed by atoms with Crippen molar-refractivity contribution in [3.8, 4) is 0 Å². The quantitative estimate of drug-likeness (QED) is 0.749. The van der Waals surface area contributed by atoms with Crippen molar-refractivity contribution < 1.29 is 9.53 Å². The van der Waals surface area contributed by atoms with E-state index >= 15 is 0 Å². The molecule has 0 N–H and O–H groups in total.